The fourth-order valence-corrected chi connectivity index (χ4v) is 4.74. The molecular weight excluding hydrogens is 449 g/mol. The molecule has 0 saturated carbocycles. The van der Waals surface area contributed by atoms with Gasteiger partial charge in [0.1, 0.15) is 0 Å². The van der Waals surface area contributed by atoms with Crippen LogP contribution >= 0.6 is 11.3 Å². The smallest absolute Gasteiger partial charge is 0.355 e. The Morgan fingerprint density at radius 3 is 2.58 bits per heavy atom. The van der Waals surface area contributed by atoms with Crippen molar-refractivity contribution in [3.05, 3.63) is 71.1 Å². The van der Waals surface area contributed by atoms with Gasteiger partial charge < -0.3 is 10.2 Å². The van der Waals surface area contributed by atoms with Crippen LogP contribution in [-0.4, -0.2) is 29.0 Å². The van der Waals surface area contributed by atoms with Crippen molar-refractivity contribution in [2.24, 2.45) is 0 Å². The number of carbonyl (C=O) groups excluding carboxylic acids is 1. The highest BCUT2D eigenvalue weighted by molar-refractivity contribution is 7.17. The molecule has 9 heteroatoms. The van der Waals surface area contributed by atoms with Gasteiger partial charge in [-0.05, 0) is 54.6 Å². The Bertz CT molecular complexity index is 1330. The van der Waals surface area contributed by atoms with Crippen molar-refractivity contribution in [3.8, 4) is 11.4 Å². The molecule has 1 fully saturated rings. The molecule has 2 aromatic heterocycles. The van der Waals surface area contributed by atoms with Gasteiger partial charge in [-0.3, -0.25) is 4.79 Å². The molecule has 1 N–H and O–H groups in total. The van der Waals surface area contributed by atoms with E-state index in [9.17, 15) is 18.0 Å². The summed E-state index contributed by atoms with van der Waals surface area (Å²) >= 11 is 1.61. The monoisotopic (exact) mass is 468 g/mol. The first-order valence-corrected chi connectivity index (χ1v) is 11.4. The minimum absolute atomic E-state index is 0.0671. The normalized spacial score (nSPS) is 14.1. The second-order valence-corrected chi connectivity index (χ2v) is 8.73. The van der Waals surface area contributed by atoms with Crippen molar-refractivity contribution in [2.45, 2.75) is 19.0 Å². The van der Waals surface area contributed by atoms with E-state index in [-0.39, 0.29) is 5.56 Å². The van der Waals surface area contributed by atoms with E-state index in [1.807, 2.05) is 17.5 Å². The molecule has 3 heterocycles. The van der Waals surface area contributed by atoms with Gasteiger partial charge in [-0.15, -0.1) is 11.3 Å². The molecule has 0 bridgehead atoms. The number of alkyl halides is 3. The highest BCUT2D eigenvalue weighted by Crippen LogP contribution is 2.34. The molecule has 1 saturated heterocycles. The summed E-state index contributed by atoms with van der Waals surface area (Å²) in [6.07, 6.45) is -2.26. The van der Waals surface area contributed by atoms with Gasteiger partial charge in [0.2, 0.25) is 0 Å². The number of hydrogen-bond acceptors (Lipinski definition) is 5. The molecule has 5 nitrogen and oxygen atoms in total. The van der Waals surface area contributed by atoms with Gasteiger partial charge in [0.05, 0.1) is 15.8 Å². The number of rotatable bonds is 4. The van der Waals surface area contributed by atoms with E-state index >= 15 is 0 Å². The molecule has 2 aromatic carbocycles. The van der Waals surface area contributed by atoms with Crippen LogP contribution in [0.3, 0.4) is 0 Å². The largest absolute Gasteiger partial charge is 0.416 e. The number of thiophene rings is 1. The Labute approximate surface area is 191 Å². The lowest BCUT2D eigenvalue weighted by Crippen LogP contribution is -2.19. The van der Waals surface area contributed by atoms with E-state index in [0.717, 1.165) is 54.1 Å². The number of fused-ring (bicyclic) bond motifs is 1. The minimum atomic E-state index is -4.51. The van der Waals surface area contributed by atoms with Crippen molar-refractivity contribution in [1.82, 2.24) is 9.97 Å². The van der Waals surface area contributed by atoms with Gasteiger partial charge >= 0.3 is 6.18 Å². The van der Waals surface area contributed by atoms with Gasteiger partial charge in [0, 0.05) is 29.9 Å². The summed E-state index contributed by atoms with van der Waals surface area (Å²) in [6, 6.07) is 13.3. The Hall–Kier alpha value is -3.46. The first kappa shape index (κ1) is 21.4. The number of amides is 1. The van der Waals surface area contributed by atoms with E-state index in [1.165, 1.54) is 12.1 Å². The number of nitrogens with zero attached hydrogens (tertiary/aromatic N) is 3. The fourth-order valence-electron chi connectivity index (χ4n) is 3.90. The summed E-state index contributed by atoms with van der Waals surface area (Å²) in [6.45, 7) is 1.91. The number of nitrogens with one attached hydrogen (secondary N) is 1. The van der Waals surface area contributed by atoms with Gasteiger partial charge in [0.15, 0.2) is 11.6 Å². The van der Waals surface area contributed by atoms with E-state index < -0.39 is 17.6 Å². The zero-order chi connectivity index (χ0) is 23.0. The second kappa shape index (κ2) is 8.47. The zero-order valence-electron chi connectivity index (χ0n) is 17.4. The number of benzene rings is 2. The van der Waals surface area contributed by atoms with Crippen molar-refractivity contribution in [3.63, 3.8) is 0 Å². The van der Waals surface area contributed by atoms with Crippen LogP contribution in [0.5, 0.6) is 0 Å². The summed E-state index contributed by atoms with van der Waals surface area (Å²) in [5.41, 5.74) is 1.10. The number of carbonyl (C=O) groups is 1. The molecule has 1 aliphatic heterocycles. The highest BCUT2D eigenvalue weighted by atomic mass is 32.1. The van der Waals surface area contributed by atoms with E-state index in [1.54, 1.807) is 29.5 Å². The van der Waals surface area contributed by atoms with Crippen LogP contribution in [0, 0.1) is 0 Å². The van der Waals surface area contributed by atoms with Crippen LogP contribution in [0.15, 0.2) is 60.0 Å². The molecule has 4 aromatic rings. The van der Waals surface area contributed by atoms with Gasteiger partial charge in [-0.1, -0.05) is 18.2 Å². The third kappa shape index (κ3) is 4.41. The van der Waals surface area contributed by atoms with E-state index in [2.05, 4.69) is 15.2 Å². The van der Waals surface area contributed by atoms with Crippen LogP contribution in [0.25, 0.3) is 21.6 Å². The van der Waals surface area contributed by atoms with Crippen molar-refractivity contribution in [2.75, 3.05) is 23.3 Å². The standard InChI is InChI=1S/C24H19F3N4OS/c25-24(26,27)17-7-3-6-16(13-17)23(32)28-18-8-4-5-15(14-18)21-29-19-9-12-33-20(19)22(30-21)31-10-1-2-11-31/h3-9,12-14H,1-2,10-11H2,(H,28,32). The SMILES string of the molecule is O=C(Nc1cccc(-c2nc(N3CCCC3)c3sccc3n2)c1)c1cccc(C(F)(F)F)c1. The average molecular weight is 469 g/mol. The van der Waals surface area contributed by atoms with Crippen LogP contribution in [0.4, 0.5) is 24.7 Å². The third-order valence-corrected chi connectivity index (χ3v) is 6.42. The first-order valence-electron chi connectivity index (χ1n) is 10.5. The maximum Gasteiger partial charge on any atom is 0.416 e. The molecule has 33 heavy (non-hydrogen) atoms. The second-order valence-electron chi connectivity index (χ2n) is 7.81. The Balaban J connectivity index is 1.44. The van der Waals surface area contributed by atoms with Crippen LogP contribution < -0.4 is 10.2 Å². The summed E-state index contributed by atoms with van der Waals surface area (Å²) < 4.78 is 40.0. The lowest BCUT2D eigenvalue weighted by molar-refractivity contribution is -0.137. The van der Waals surface area contributed by atoms with E-state index in [0.29, 0.717) is 17.1 Å². The number of hydrogen-bond donors (Lipinski definition) is 1. The number of anilines is 2. The molecule has 1 aliphatic rings. The third-order valence-electron chi connectivity index (χ3n) is 5.52. The Kier molecular flexibility index (Phi) is 5.49. The van der Waals surface area contributed by atoms with Crippen molar-refractivity contribution >= 4 is 39.0 Å². The topological polar surface area (TPSA) is 58.1 Å². The van der Waals surface area contributed by atoms with Gasteiger partial charge in [0.25, 0.3) is 5.91 Å². The van der Waals surface area contributed by atoms with Crippen LogP contribution in [0.2, 0.25) is 0 Å². The maximum atomic E-state index is 13.0. The predicted molar refractivity (Wildman–Crippen MR) is 124 cm³/mol. The molecular formula is C24H19F3N4OS. The Morgan fingerprint density at radius 2 is 1.79 bits per heavy atom. The summed E-state index contributed by atoms with van der Waals surface area (Å²) in [5.74, 6) is 0.837. The van der Waals surface area contributed by atoms with Crippen LogP contribution in [0.1, 0.15) is 28.8 Å². The number of halogens is 3. The van der Waals surface area contributed by atoms with Crippen LogP contribution in [-0.2, 0) is 6.18 Å². The predicted octanol–water partition coefficient (Wildman–Crippen LogP) is 6.23. The molecule has 0 radical (unpaired) electrons. The summed E-state index contributed by atoms with van der Waals surface area (Å²) in [4.78, 5) is 24.4. The summed E-state index contributed by atoms with van der Waals surface area (Å²) in [7, 11) is 0. The van der Waals surface area contributed by atoms with Gasteiger partial charge in [-0.2, -0.15) is 13.2 Å². The molecule has 1 amide bonds. The number of aromatic nitrogens is 2. The fraction of sp³-hybridized carbons (Fsp3) is 0.208. The first-order chi connectivity index (χ1) is 15.9. The average Bonchev–Trinajstić information content (AvgIpc) is 3.50. The molecule has 0 spiro atoms. The van der Waals surface area contributed by atoms with E-state index in [4.69, 9.17) is 4.98 Å². The molecule has 0 atom stereocenters. The minimum Gasteiger partial charge on any atom is -0.355 e. The zero-order valence-corrected chi connectivity index (χ0v) is 18.2. The summed E-state index contributed by atoms with van der Waals surface area (Å²) in [5, 5.41) is 4.67. The lowest BCUT2D eigenvalue weighted by atomic mass is 10.1. The van der Waals surface area contributed by atoms with Gasteiger partial charge in [-0.25, -0.2) is 9.97 Å². The molecule has 168 valence electrons. The maximum absolute atomic E-state index is 13.0. The van der Waals surface area contributed by atoms with Crippen molar-refractivity contribution in [1.29, 1.82) is 0 Å². The Morgan fingerprint density at radius 1 is 1.00 bits per heavy atom. The molecule has 0 aliphatic carbocycles. The quantitative estimate of drug-likeness (QED) is 0.386. The highest BCUT2D eigenvalue weighted by Gasteiger charge is 2.31. The molecule has 0 unspecified atom stereocenters. The molecule has 5 rings (SSSR count). The lowest BCUT2D eigenvalue weighted by Gasteiger charge is -2.18. The van der Waals surface area contributed by atoms with Crippen molar-refractivity contribution < 1.29 is 18.0 Å².